The Morgan fingerprint density at radius 2 is 1.55 bits per heavy atom. The molecule has 6 heteroatoms. The van der Waals surface area contributed by atoms with Crippen LogP contribution in [0, 0.1) is 16.7 Å². The Morgan fingerprint density at radius 3 is 2.11 bits per heavy atom. The third-order valence-electron chi connectivity index (χ3n) is 7.35. The normalized spacial score (nSPS) is 15.2. The second kappa shape index (κ2) is 16.0. The number of nitrogens with zero attached hydrogens (tertiary/aromatic N) is 1. The summed E-state index contributed by atoms with van der Waals surface area (Å²) in [5.74, 6) is -2.93. The Morgan fingerprint density at radius 1 is 0.932 bits per heavy atom. The SMILES string of the molecule is CC1=C(/C=C/C(C)=C/C=C/C(C)=C/C(=O)OC(=O)COC(=O)C(C#N)=C(c2ccccc2)c2ccccc2)C(C)(C)CCC1. The van der Waals surface area contributed by atoms with Crippen LogP contribution < -0.4 is 0 Å². The highest BCUT2D eigenvalue weighted by Crippen LogP contribution is 2.40. The number of hydrogen-bond donors (Lipinski definition) is 0. The first kappa shape index (κ1) is 33.5. The van der Waals surface area contributed by atoms with E-state index >= 15 is 0 Å². The van der Waals surface area contributed by atoms with E-state index in [1.165, 1.54) is 30.1 Å². The number of esters is 3. The monoisotopic (exact) mass is 589 g/mol. The van der Waals surface area contributed by atoms with Gasteiger partial charge in [0.25, 0.3) is 0 Å². The highest BCUT2D eigenvalue weighted by atomic mass is 16.6. The van der Waals surface area contributed by atoms with Gasteiger partial charge in [0.15, 0.2) is 6.61 Å². The molecule has 0 aliphatic heterocycles. The Balaban J connectivity index is 1.59. The highest BCUT2D eigenvalue weighted by molar-refractivity contribution is 6.06. The van der Waals surface area contributed by atoms with Gasteiger partial charge in [-0.3, -0.25) is 0 Å². The molecule has 3 rings (SSSR count). The molecule has 44 heavy (non-hydrogen) atoms. The fourth-order valence-corrected chi connectivity index (χ4v) is 5.10. The van der Waals surface area contributed by atoms with E-state index in [2.05, 4.69) is 32.9 Å². The number of benzene rings is 2. The zero-order valence-corrected chi connectivity index (χ0v) is 26.1. The molecule has 0 aromatic heterocycles. The largest absolute Gasteiger partial charge is 0.450 e. The Hall–Kier alpha value is -5.02. The second-order valence-corrected chi connectivity index (χ2v) is 11.4. The third kappa shape index (κ3) is 9.78. The van der Waals surface area contributed by atoms with Crippen LogP contribution in [0.5, 0.6) is 0 Å². The van der Waals surface area contributed by atoms with Gasteiger partial charge in [-0.05, 0) is 67.7 Å². The van der Waals surface area contributed by atoms with Crippen molar-refractivity contribution in [1.29, 1.82) is 5.26 Å². The van der Waals surface area contributed by atoms with E-state index in [-0.39, 0.29) is 11.0 Å². The molecule has 0 heterocycles. The summed E-state index contributed by atoms with van der Waals surface area (Å²) >= 11 is 0. The number of hydrogen-bond acceptors (Lipinski definition) is 6. The summed E-state index contributed by atoms with van der Waals surface area (Å²) in [5, 5.41) is 9.82. The van der Waals surface area contributed by atoms with Gasteiger partial charge in [0.1, 0.15) is 11.6 Å². The lowest BCUT2D eigenvalue weighted by Gasteiger charge is -2.32. The van der Waals surface area contributed by atoms with Crippen LogP contribution in [-0.4, -0.2) is 24.5 Å². The van der Waals surface area contributed by atoms with E-state index in [1.54, 1.807) is 61.5 Å². The third-order valence-corrected chi connectivity index (χ3v) is 7.35. The molecule has 0 unspecified atom stereocenters. The Labute approximate surface area is 260 Å². The molecule has 0 radical (unpaired) electrons. The number of carbonyl (C=O) groups is 3. The maximum absolute atomic E-state index is 12.9. The summed E-state index contributed by atoms with van der Waals surface area (Å²) in [6, 6.07) is 19.8. The topological polar surface area (TPSA) is 93.5 Å². The Bertz CT molecular complexity index is 1550. The van der Waals surface area contributed by atoms with Gasteiger partial charge in [0.2, 0.25) is 0 Å². The number of ether oxygens (including phenoxy) is 2. The molecule has 226 valence electrons. The average molecular weight is 590 g/mol. The first-order valence-electron chi connectivity index (χ1n) is 14.6. The van der Waals surface area contributed by atoms with Gasteiger partial charge in [-0.25, -0.2) is 14.4 Å². The van der Waals surface area contributed by atoms with Crippen LogP contribution in [0.4, 0.5) is 0 Å². The fourth-order valence-electron chi connectivity index (χ4n) is 5.10. The van der Waals surface area contributed by atoms with Crippen molar-refractivity contribution in [2.75, 3.05) is 6.61 Å². The van der Waals surface area contributed by atoms with E-state index in [0.717, 1.165) is 12.0 Å². The van der Waals surface area contributed by atoms with Crippen molar-refractivity contribution in [1.82, 2.24) is 0 Å². The zero-order valence-electron chi connectivity index (χ0n) is 26.1. The molecule has 0 spiro atoms. The van der Waals surface area contributed by atoms with Crippen LogP contribution in [0.1, 0.15) is 65.0 Å². The number of carbonyl (C=O) groups excluding carboxylic acids is 3. The smallest absolute Gasteiger partial charge is 0.352 e. The maximum Gasteiger partial charge on any atom is 0.352 e. The highest BCUT2D eigenvalue weighted by Gasteiger charge is 2.26. The minimum absolute atomic E-state index is 0.173. The summed E-state index contributed by atoms with van der Waals surface area (Å²) in [4.78, 5) is 37.4. The summed E-state index contributed by atoms with van der Waals surface area (Å²) in [6.07, 6.45) is 14.5. The summed E-state index contributed by atoms with van der Waals surface area (Å²) in [5.41, 5.74) is 6.02. The van der Waals surface area contributed by atoms with Crippen LogP contribution in [0.25, 0.3) is 5.57 Å². The van der Waals surface area contributed by atoms with Gasteiger partial charge in [0.05, 0.1) is 0 Å². The van der Waals surface area contributed by atoms with Crippen molar-refractivity contribution in [3.63, 3.8) is 0 Å². The van der Waals surface area contributed by atoms with E-state index in [9.17, 15) is 19.6 Å². The lowest BCUT2D eigenvalue weighted by Crippen LogP contribution is -2.20. The summed E-state index contributed by atoms with van der Waals surface area (Å²) in [7, 11) is 0. The van der Waals surface area contributed by atoms with Crippen molar-refractivity contribution < 1.29 is 23.9 Å². The van der Waals surface area contributed by atoms with Crippen molar-refractivity contribution >= 4 is 23.5 Å². The predicted octanol–water partition coefficient (Wildman–Crippen LogP) is 8.16. The number of rotatable bonds is 10. The van der Waals surface area contributed by atoms with Gasteiger partial charge in [0, 0.05) is 11.6 Å². The minimum Gasteiger partial charge on any atom is -0.450 e. The van der Waals surface area contributed by atoms with Crippen LogP contribution >= 0.6 is 0 Å². The van der Waals surface area contributed by atoms with E-state index < -0.39 is 24.5 Å². The molecule has 0 atom stereocenters. The summed E-state index contributed by atoms with van der Waals surface area (Å²) < 4.78 is 9.85. The van der Waals surface area contributed by atoms with Crippen molar-refractivity contribution in [2.45, 2.75) is 53.9 Å². The molecule has 1 aliphatic rings. The van der Waals surface area contributed by atoms with Crippen molar-refractivity contribution in [3.05, 3.63) is 136 Å². The quantitative estimate of drug-likeness (QED) is 0.0913. The van der Waals surface area contributed by atoms with Gasteiger partial charge in [-0.15, -0.1) is 0 Å². The first-order valence-corrected chi connectivity index (χ1v) is 14.6. The standard InChI is InChI=1S/C38H39NO5/c1-27(21-22-33-29(3)16-13-23-38(33,4)5)14-12-15-28(2)24-34(40)44-35(41)26-43-37(42)32(25-39)36(30-17-8-6-9-18-30)31-19-10-7-11-20-31/h6-12,14-15,17-22,24H,13,16,23,26H2,1-5H3/b15-12+,22-21+,27-14+,28-24+. The lowest BCUT2D eigenvalue weighted by molar-refractivity contribution is -0.163. The molecule has 2 aromatic carbocycles. The first-order chi connectivity index (χ1) is 21.0. The molecule has 6 nitrogen and oxygen atoms in total. The van der Waals surface area contributed by atoms with Gasteiger partial charge in [-0.2, -0.15) is 5.26 Å². The van der Waals surface area contributed by atoms with E-state index in [0.29, 0.717) is 22.3 Å². The second-order valence-electron chi connectivity index (χ2n) is 11.4. The van der Waals surface area contributed by atoms with E-state index in [1.807, 2.05) is 37.3 Å². The molecule has 2 aromatic rings. The average Bonchev–Trinajstić information content (AvgIpc) is 2.98. The molecule has 0 bridgehead atoms. The molecule has 0 N–H and O–H groups in total. The van der Waals surface area contributed by atoms with Gasteiger partial charge in [-0.1, -0.05) is 116 Å². The molecular formula is C38H39NO5. The van der Waals surface area contributed by atoms with Crippen LogP contribution in [0.2, 0.25) is 0 Å². The van der Waals surface area contributed by atoms with Gasteiger partial charge >= 0.3 is 17.9 Å². The van der Waals surface area contributed by atoms with Crippen molar-refractivity contribution in [2.24, 2.45) is 5.41 Å². The zero-order chi connectivity index (χ0) is 32.1. The van der Waals surface area contributed by atoms with Crippen molar-refractivity contribution in [3.8, 4) is 6.07 Å². The molecule has 0 amide bonds. The minimum atomic E-state index is -1.05. The lowest BCUT2D eigenvalue weighted by atomic mass is 9.72. The van der Waals surface area contributed by atoms with Gasteiger partial charge < -0.3 is 9.47 Å². The predicted molar refractivity (Wildman–Crippen MR) is 173 cm³/mol. The Kier molecular flexibility index (Phi) is 12.2. The fraction of sp³-hybridized carbons (Fsp3) is 0.263. The molecule has 0 saturated carbocycles. The van der Waals surface area contributed by atoms with E-state index in [4.69, 9.17) is 9.47 Å². The molecule has 0 saturated heterocycles. The van der Waals surface area contributed by atoms with Crippen LogP contribution in [0.3, 0.4) is 0 Å². The maximum atomic E-state index is 12.9. The van der Waals surface area contributed by atoms with Crippen LogP contribution in [0.15, 0.2) is 125 Å². The molecule has 1 aliphatic carbocycles. The van der Waals surface area contributed by atoms with Crippen LogP contribution in [-0.2, 0) is 23.9 Å². The molecule has 0 fully saturated rings. The summed E-state index contributed by atoms with van der Waals surface area (Å²) in [6.45, 7) is 9.66. The number of allylic oxidation sites excluding steroid dienone is 9. The number of nitriles is 1. The molecular weight excluding hydrogens is 550 g/mol.